The van der Waals surface area contributed by atoms with Crippen molar-refractivity contribution in [3.8, 4) is 5.69 Å². The molecule has 0 saturated heterocycles. The van der Waals surface area contributed by atoms with Gasteiger partial charge in [-0.15, -0.1) is 0 Å². The van der Waals surface area contributed by atoms with Gasteiger partial charge in [0.15, 0.2) is 11.6 Å². The van der Waals surface area contributed by atoms with Crippen molar-refractivity contribution in [3.05, 3.63) is 64.8 Å². The lowest BCUT2D eigenvalue weighted by Gasteiger charge is -2.06. The summed E-state index contributed by atoms with van der Waals surface area (Å²) in [6.45, 7) is -0.140. The Morgan fingerprint density at radius 2 is 1.90 bits per heavy atom. The predicted molar refractivity (Wildman–Crippen MR) is 74.1 cm³/mol. The minimum atomic E-state index is -0.918. The van der Waals surface area contributed by atoms with Crippen molar-refractivity contribution < 1.29 is 13.9 Å². The van der Waals surface area contributed by atoms with E-state index in [1.807, 2.05) is 6.07 Å². The van der Waals surface area contributed by atoms with Crippen LogP contribution in [0.2, 0.25) is 5.02 Å². The van der Waals surface area contributed by atoms with Crippen LogP contribution in [0.5, 0.6) is 0 Å². The maximum Gasteiger partial charge on any atom is 0.160 e. The summed E-state index contributed by atoms with van der Waals surface area (Å²) in [5, 5.41) is 10.5. The molecule has 0 unspecified atom stereocenters. The molecule has 20 heavy (non-hydrogen) atoms. The zero-order valence-electron chi connectivity index (χ0n) is 10.3. The van der Waals surface area contributed by atoms with E-state index in [1.165, 1.54) is 6.07 Å². The van der Waals surface area contributed by atoms with Crippen molar-refractivity contribution in [3.63, 3.8) is 0 Å². The Morgan fingerprint density at radius 3 is 2.60 bits per heavy atom. The third-order valence-corrected chi connectivity index (χ3v) is 3.51. The molecule has 0 aliphatic heterocycles. The molecule has 0 radical (unpaired) electrons. The standard InChI is InChI=1S/C15H10ClF2NO/c16-11-7-19(10-4-5-12(17)13(18)6-10)14-3-1-2-9(8-20)15(11)14/h1-7,20H,8H2. The van der Waals surface area contributed by atoms with Crippen LogP contribution in [-0.2, 0) is 6.61 Å². The van der Waals surface area contributed by atoms with Crippen molar-refractivity contribution in [2.75, 3.05) is 0 Å². The van der Waals surface area contributed by atoms with E-state index in [9.17, 15) is 13.9 Å². The third-order valence-electron chi connectivity index (χ3n) is 3.22. The van der Waals surface area contributed by atoms with Gasteiger partial charge in [0.2, 0.25) is 0 Å². The highest BCUT2D eigenvalue weighted by atomic mass is 35.5. The van der Waals surface area contributed by atoms with Gasteiger partial charge in [0.05, 0.1) is 17.1 Å². The Bertz CT molecular complexity index is 798. The molecule has 0 saturated carbocycles. The zero-order valence-corrected chi connectivity index (χ0v) is 11.0. The van der Waals surface area contributed by atoms with Gasteiger partial charge in [0.25, 0.3) is 0 Å². The summed E-state index contributed by atoms with van der Waals surface area (Å²) in [5.74, 6) is -1.81. The van der Waals surface area contributed by atoms with Crippen LogP contribution in [0.4, 0.5) is 8.78 Å². The minimum Gasteiger partial charge on any atom is -0.392 e. The third kappa shape index (κ3) is 1.97. The fraction of sp³-hybridized carbons (Fsp3) is 0.0667. The van der Waals surface area contributed by atoms with Crippen LogP contribution in [0.25, 0.3) is 16.6 Å². The SMILES string of the molecule is OCc1cccc2c1c(Cl)cn2-c1ccc(F)c(F)c1. The second-order valence-corrected chi connectivity index (χ2v) is 4.82. The van der Waals surface area contributed by atoms with Gasteiger partial charge >= 0.3 is 0 Å². The van der Waals surface area contributed by atoms with E-state index in [0.29, 0.717) is 21.7 Å². The number of rotatable bonds is 2. The lowest BCUT2D eigenvalue weighted by molar-refractivity contribution is 0.283. The lowest BCUT2D eigenvalue weighted by Crippen LogP contribution is -1.95. The first-order chi connectivity index (χ1) is 9.61. The summed E-state index contributed by atoms with van der Waals surface area (Å²) >= 11 is 6.18. The van der Waals surface area contributed by atoms with Gasteiger partial charge < -0.3 is 9.67 Å². The average molecular weight is 294 g/mol. The molecule has 0 spiro atoms. The van der Waals surface area contributed by atoms with Gasteiger partial charge in [0.1, 0.15) is 0 Å². The Labute approximate surface area is 118 Å². The quantitative estimate of drug-likeness (QED) is 0.757. The van der Waals surface area contributed by atoms with E-state index in [-0.39, 0.29) is 6.61 Å². The van der Waals surface area contributed by atoms with E-state index in [2.05, 4.69) is 0 Å². The Morgan fingerprint density at radius 1 is 1.10 bits per heavy atom. The van der Waals surface area contributed by atoms with Gasteiger partial charge in [-0.05, 0) is 23.8 Å². The monoisotopic (exact) mass is 293 g/mol. The predicted octanol–water partition coefficient (Wildman–Crippen LogP) is 4.05. The van der Waals surface area contributed by atoms with E-state index in [4.69, 9.17) is 11.6 Å². The van der Waals surface area contributed by atoms with Crippen LogP contribution in [0.15, 0.2) is 42.6 Å². The molecule has 0 aliphatic carbocycles. The molecule has 1 N–H and O–H groups in total. The molecule has 5 heteroatoms. The first kappa shape index (κ1) is 13.1. The summed E-state index contributed by atoms with van der Waals surface area (Å²) in [5.41, 5.74) is 1.89. The Kier molecular flexibility index (Phi) is 3.20. The first-order valence-electron chi connectivity index (χ1n) is 5.96. The molecule has 0 atom stereocenters. The van der Waals surface area contributed by atoms with Crippen LogP contribution in [0, 0.1) is 11.6 Å². The number of aromatic nitrogens is 1. The zero-order chi connectivity index (χ0) is 14.3. The number of nitrogens with zero attached hydrogens (tertiary/aromatic N) is 1. The highest BCUT2D eigenvalue weighted by Crippen LogP contribution is 2.31. The summed E-state index contributed by atoms with van der Waals surface area (Å²) in [6.07, 6.45) is 1.62. The Balaban J connectivity index is 2.29. The number of fused-ring (bicyclic) bond motifs is 1. The second kappa shape index (κ2) is 4.89. The van der Waals surface area contributed by atoms with Gasteiger partial charge in [-0.3, -0.25) is 0 Å². The van der Waals surface area contributed by atoms with Gasteiger partial charge in [-0.1, -0.05) is 23.7 Å². The van der Waals surface area contributed by atoms with Crippen molar-refractivity contribution in [2.45, 2.75) is 6.61 Å². The smallest absolute Gasteiger partial charge is 0.160 e. The average Bonchev–Trinajstić information content (AvgIpc) is 2.79. The molecule has 0 aliphatic rings. The molecule has 3 rings (SSSR count). The Hall–Kier alpha value is -1.91. The summed E-state index contributed by atoms with van der Waals surface area (Å²) in [6, 6.07) is 9.00. The summed E-state index contributed by atoms with van der Waals surface area (Å²) in [7, 11) is 0. The van der Waals surface area contributed by atoms with E-state index in [1.54, 1.807) is 22.9 Å². The van der Waals surface area contributed by atoms with Gasteiger partial charge in [-0.2, -0.15) is 0 Å². The minimum absolute atomic E-state index is 0.140. The summed E-state index contributed by atoms with van der Waals surface area (Å²) in [4.78, 5) is 0. The maximum absolute atomic E-state index is 13.4. The molecule has 0 amide bonds. The number of halogens is 3. The normalized spacial score (nSPS) is 11.2. The molecular weight excluding hydrogens is 284 g/mol. The molecule has 0 fully saturated rings. The maximum atomic E-state index is 13.4. The molecule has 0 bridgehead atoms. The van der Waals surface area contributed by atoms with Crippen LogP contribution >= 0.6 is 11.6 Å². The summed E-state index contributed by atoms with van der Waals surface area (Å²) < 4.78 is 28.0. The number of benzene rings is 2. The molecule has 102 valence electrons. The molecule has 2 nitrogen and oxygen atoms in total. The van der Waals surface area contributed by atoms with Crippen molar-refractivity contribution in [2.24, 2.45) is 0 Å². The van der Waals surface area contributed by atoms with Crippen LogP contribution < -0.4 is 0 Å². The van der Waals surface area contributed by atoms with Crippen molar-refractivity contribution in [1.82, 2.24) is 4.57 Å². The second-order valence-electron chi connectivity index (χ2n) is 4.41. The van der Waals surface area contributed by atoms with Gasteiger partial charge in [-0.25, -0.2) is 8.78 Å². The molecule has 1 aromatic heterocycles. The molecule has 1 heterocycles. The van der Waals surface area contributed by atoms with Crippen LogP contribution in [0.1, 0.15) is 5.56 Å². The largest absolute Gasteiger partial charge is 0.392 e. The molecule has 2 aromatic carbocycles. The lowest BCUT2D eigenvalue weighted by atomic mass is 10.1. The number of hydrogen-bond donors (Lipinski definition) is 1. The fourth-order valence-electron chi connectivity index (χ4n) is 2.29. The van der Waals surface area contributed by atoms with Crippen molar-refractivity contribution >= 4 is 22.5 Å². The first-order valence-corrected chi connectivity index (χ1v) is 6.34. The highest BCUT2D eigenvalue weighted by molar-refractivity contribution is 6.36. The number of aliphatic hydroxyl groups is 1. The number of aliphatic hydroxyl groups excluding tert-OH is 1. The van der Waals surface area contributed by atoms with Gasteiger partial charge in [0, 0.05) is 23.3 Å². The van der Waals surface area contributed by atoms with E-state index >= 15 is 0 Å². The van der Waals surface area contributed by atoms with E-state index < -0.39 is 11.6 Å². The van der Waals surface area contributed by atoms with Crippen molar-refractivity contribution in [1.29, 1.82) is 0 Å². The highest BCUT2D eigenvalue weighted by Gasteiger charge is 2.13. The van der Waals surface area contributed by atoms with E-state index in [0.717, 1.165) is 17.6 Å². The topological polar surface area (TPSA) is 25.2 Å². The molecular formula is C15H10ClF2NO. The molecule has 3 aromatic rings. The van der Waals surface area contributed by atoms with Crippen LogP contribution in [0.3, 0.4) is 0 Å². The fourth-order valence-corrected chi connectivity index (χ4v) is 2.61. The number of hydrogen-bond acceptors (Lipinski definition) is 1. The van der Waals surface area contributed by atoms with Crippen LogP contribution in [-0.4, -0.2) is 9.67 Å².